The number of carbonyl (C=O) groups is 2. The number of benzene rings is 3. The molecule has 1 amide bonds. The fraction of sp³-hybridized carbons (Fsp3) is 0.310. The first kappa shape index (κ1) is 25.3. The van der Waals surface area contributed by atoms with Crippen molar-refractivity contribution < 1.29 is 14.3 Å². The largest absolute Gasteiger partial charge is 0.426 e. The van der Waals surface area contributed by atoms with Gasteiger partial charge < -0.3 is 19.9 Å². The molecular formula is C29H34N4O3. The summed E-state index contributed by atoms with van der Waals surface area (Å²) in [6.45, 7) is 5.37. The van der Waals surface area contributed by atoms with Gasteiger partial charge in [-0.2, -0.15) is 0 Å². The highest BCUT2D eigenvalue weighted by atomic mass is 16.5. The Morgan fingerprint density at radius 1 is 0.889 bits per heavy atom. The van der Waals surface area contributed by atoms with Crippen molar-refractivity contribution in [2.24, 2.45) is 0 Å². The summed E-state index contributed by atoms with van der Waals surface area (Å²) in [7, 11) is 4.05. The quantitative estimate of drug-likeness (QED) is 0.384. The monoisotopic (exact) mass is 486 g/mol. The summed E-state index contributed by atoms with van der Waals surface area (Å²) in [5.74, 6) is -0.444. The third kappa shape index (κ3) is 6.23. The molecule has 4 rings (SSSR count). The van der Waals surface area contributed by atoms with Gasteiger partial charge in [0.25, 0.3) is 5.91 Å². The van der Waals surface area contributed by atoms with E-state index in [0.717, 1.165) is 37.4 Å². The second-order valence-electron chi connectivity index (χ2n) is 9.16. The van der Waals surface area contributed by atoms with Gasteiger partial charge in [0.2, 0.25) is 0 Å². The lowest BCUT2D eigenvalue weighted by molar-refractivity contribution is -0.131. The molecule has 1 heterocycles. The van der Waals surface area contributed by atoms with Crippen LogP contribution in [0.25, 0.3) is 0 Å². The van der Waals surface area contributed by atoms with E-state index in [1.54, 1.807) is 24.3 Å². The Morgan fingerprint density at radius 2 is 1.53 bits per heavy atom. The van der Waals surface area contributed by atoms with Crippen LogP contribution >= 0.6 is 0 Å². The Morgan fingerprint density at radius 3 is 2.17 bits per heavy atom. The van der Waals surface area contributed by atoms with Crippen LogP contribution in [-0.2, 0) is 4.79 Å². The van der Waals surface area contributed by atoms with E-state index >= 15 is 0 Å². The molecule has 1 N–H and O–H groups in total. The number of hydrogen-bond donors (Lipinski definition) is 1. The van der Waals surface area contributed by atoms with Crippen molar-refractivity contribution >= 4 is 23.3 Å². The molecule has 1 saturated heterocycles. The molecule has 1 aliphatic heterocycles. The molecule has 1 fully saturated rings. The van der Waals surface area contributed by atoms with Crippen molar-refractivity contribution in [2.45, 2.75) is 13.0 Å². The molecule has 36 heavy (non-hydrogen) atoms. The number of esters is 1. The maximum Gasteiger partial charge on any atom is 0.308 e. The Balaban J connectivity index is 1.50. The van der Waals surface area contributed by atoms with E-state index in [1.165, 1.54) is 12.6 Å². The number of hydrogen-bond acceptors (Lipinski definition) is 6. The fourth-order valence-corrected chi connectivity index (χ4v) is 4.57. The van der Waals surface area contributed by atoms with E-state index in [4.69, 9.17) is 4.74 Å². The van der Waals surface area contributed by atoms with Crippen LogP contribution < -0.4 is 19.9 Å². The van der Waals surface area contributed by atoms with Crippen molar-refractivity contribution in [3.63, 3.8) is 0 Å². The van der Waals surface area contributed by atoms with Crippen LogP contribution in [0.3, 0.4) is 0 Å². The van der Waals surface area contributed by atoms with Gasteiger partial charge >= 0.3 is 5.97 Å². The van der Waals surface area contributed by atoms with Crippen molar-refractivity contribution in [1.29, 1.82) is 0 Å². The Kier molecular flexibility index (Phi) is 8.23. The molecule has 0 radical (unpaired) electrons. The molecule has 0 bridgehead atoms. The Labute approximate surface area is 213 Å². The number of nitrogens with zero attached hydrogens (tertiary/aromatic N) is 3. The molecular weight excluding hydrogens is 452 g/mol. The molecule has 1 atom stereocenters. The second kappa shape index (κ2) is 11.7. The van der Waals surface area contributed by atoms with E-state index in [9.17, 15) is 9.59 Å². The maximum absolute atomic E-state index is 13.1. The van der Waals surface area contributed by atoms with Gasteiger partial charge in [-0.15, -0.1) is 0 Å². The van der Waals surface area contributed by atoms with Crippen LogP contribution in [-0.4, -0.2) is 63.6 Å². The second-order valence-corrected chi connectivity index (χ2v) is 9.16. The molecule has 3 aromatic rings. The predicted octanol–water partition coefficient (Wildman–Crippen LogP) is 3.97. The lowest BCUT2D eigenvalue weighted by atomic mass is 10.0. The van der Waals surface area contributed by atoms with Gasteiger partial charge in [-0.1, -0.05) is 42.5 Å². The molecule has 7 nitrogen and oxygen atoms in total. The van der Waals surface area contributed by atoms with Crippen LogP contribution in [0.4, 0.5) is 11.4 Å². The molecule has 0 aromatic heterocycles. The van der Waals surface area contributed by atoms with Gasteiger partial charge in [0.05, 0.1) is 11.6 Å². The normalized spacial score (nSPS) is 14.7. The number of rotatable bonds is 8. The van der Waals surface area contributed by atoms with Crippen LogP contribution in [0.5, 0.6) is 5.75 Å². The summed E-state index contributed by atoms with van der Waals surface area (Å²) < 4.78 is 5.24. The fourth-order valence-electron chi connectivity index (χ4n) is 4.57. The number of amides is 1. The minimum Gasteiger partial charge on any atom is -0.426 e. The third-order valence-electron chi connectivity index (χ3n) is 6.51. The smallest absolute Gasteiger partial charge is 0.308 e. The van der Waals surface area contributed by atoms with E-state index in [-0.39, 0.29) is 17.7 Å². The molecule has 3 aromatic carbocycles. The van der Waals surface area contributed by atoms with Crippen LogP contribution in [0.15, 0.2) is 78.9 Å². The third-order valence-corrected chi connectivity index (χ3v) is 6.51. The predicted molar refractivity (Wildman–Crippen MR) is 144 cm³/mol. The van der Waals surface area contributed by atoms with Gasteiger partial charge in [-0.25, -0.2) is 0 Å². The average molecular weight is 487 g/mol. The Hall–Kier alpha value is -3.84. The number of piperazine rings is 1. The zero-order valence-corrected chi connectivity index (χ0v) is 21.2. The molecule has 1 unspecified atom stereocenters. The van der Waals surface area contributed by atoms with Gasteiger partial charge in [0.1, 0.15) is 5.75 Å². The van der Waals surface area contributed by atoms with Crippen LogP contribution in [0.1, 0.15) is 28.9 Å². The topological polar surface area (TPSA) is 65.1 Å². The van der Waals surface area contributed by atoms with E-state index in [0.29, 0.717) is 12.1 Å². The highest BCUT2D eigenvalue weighted by molar-refractivity contribution is 5.97. The average Bonchev–Trinajstić information content (AvgIpc) is 2.90. The maximum atomic E-state index is 13.1. The van der Waals surface area contributed by atoms with Crippen molar-refractivity contribution in [1.82, 2.24) is 10.2 Å². The SMILES string of the molecule is CC(=O)Oc1ccccc1C(=O)NCC(c1ccc(N(C)C)cc1)N1CCN(c2ccccc2)CC1. The van der Waals surface area contributed by atoms with E-state index in [2.05, 4.69) is 68.5 Å². The first-order valence-electron chi connectivity index (χ1n) is 12.3. The zero-order valence-electron chi connectivity index (χ0n) is 21.2. The summed E-state index contributed by atoms with van der Waals surface area (Å²) in [6.07, 6.45) is 0. The zero-order chi connectivity index (χ0) is 25.5. The standard InChI is InChI=1S/C29H34N4O3/c1-22(34)36-28-12-8-7-11-26(28)29(35)30-21-27(23-13-15-24(16-14-23)31(2)3)33-19-17-32(18-20-33)25-9-5-4-6-10-25/h4-16,27H,17-21H2,1-3H3,(H,30,35). The van der Waals surface area contributed by atoms with Crippen LogP contribution in [0.2, 0.25) is 0 Å². The van der Waals surface area contributed by atoms with Gasteiger partial charge in [0, 0.05) is 65.1 Å². The summed E-state index contributed by atoms with van der Waals surface area (Å²) >= 11 is 0. The van der Waals surface area contributed by atoms with Gasteiger partial charge in [-0.3, -0.25) is 14.5 Å². The number of nitrogens with one attached hydrogen (secondary N) is 1. The number of para-hydroxylation sites is 2. The lowest BCUT2D eigenvalue weighted by Gasteiger charge is -2.40. The Bertz CT molecular complexity index is 1160. The van der Waals surface area contributed by atoms with Gasteiger partial charge in [0.15, 0.2) is 0 Å². The summed E-state index contributed by atoms with van der Waals surface area (Å²) in [6, 6.07) is 25.8. The van der Waals surface area contributed by atoms with Crippen molar-refractivity contribution in [3.05, 3.63) is 90.0 Å². The first-order valence-corrected chi connectivity index (χ1v) is 12.3. The number of carbonyl (C=O) groups excluding carboxylic acids is 2. The van der Waals surface area contributed by atoms with Crippen LogP contribution in [0, 0.1) is 0 Å². The molecule has 0 spiro atoms. The molecule has 7 heteroatoms. The van der Waals surface area contributed by atoms with E-state index < -0.39 is 5.97 Å². The highest BCUT2D eigenvalue weighted by Crippen LogP contribution is 2.26. The summed E-state index contributed by atoms with van der Waals surface area (Å²) in [5, 5.41) is 3.09. The molecule has 188 valence electrons. The molecule has 1 aliphatic rings. The number of anilines is 2. The highest BCUT2D eigenvalue weighted by Gasteiger charge is 2.26. The van der Waals surface area contributed by atoms with Crippen molar-refractivity contribution in [3.8, 4) is 5.75 Å². The minimum absolute atomic E-state index is 0.0176. The van der Waals surface area contributed by atoms with Crippen molar-refractivity contribution in [2.75, 3.05) is 56.6 Å². The molecule has 0 saturated carbocycles. The number of ether oxygens (including phenoxy) is 1. The summed E-state index contributed by atoms with van der Waals surface area (Å²) in [5.41, 5.74) is 3.87. The minimum atomic E-state index is -0.453. The summed E-state index contributed by atoms with van der Waals surface area (Å²) in [4.78, 5) is 31.5. The lowest BCUT2D eigenvalue weighted by Crippen LogP contribution is -2.50. The molecule has 0 aliphatic carbocycles. The van der Waals surface area contributed by atoms with Gasteiger partial charge in [-0.05, 0) is 42.0 Å². The van der Waals surface area contributed by atoms with E-state index in [1.807, 2.05) is 20.2 Å². The first-order chi connectivity index (χ1) is 17.4.